The molecule has 1 aromatic heterocycles. The molecule has 0 saturated heterocycles. The maximum atomic E-state index is 10.9. The van der Waals surface area contributed by atoms with Gasteiger partial charge in [0.2, 0.25) is 0 Å². The highest BCUT2D eigenvalue weighted by molar-refractivity contribution is 5.67. The predicted molar refractivity (Wildman–Crippen MR) is 63.0 cm³/mol. The number of carboxylic acid groups (broad SMARTS) is 1. The van der Waals surface area contributed by atoms with E-state index in [9.17, 15) is 4.79 Å². The summed E-state index contributed by atoms with van der Waals surface area (Å²) in [6.45, 7) is 1.98. The average Bonchev–Trinajstić information content (AvgIpc) is 2.78. The molecule has 2 aliphatic carbocycles. The molecule has 0 amide bonds. The quantitative estimate of drug-likeness (QED) is 0.858. The molecule has 2 aliphatic rings. The first-order valence-corrected chi connectivity index (χ1v) is 6.72. The van der Waals surface area contributed by atoms with Gasteiger partial charge in [0.05, 0.1) is 12.5 Å². The van der Waals surface area contributed by atoms with Gasteiger partial charge >= 0.3 is 5.97 Å². The molecule has 1 heterocycles. The van der Waals surface area contributed by atoms with Crippen molar-refractivity contribution >= 4 is 5.97 Å². The summed E-state index contributed by atoms with van der Waals surface area (Å²) in [4.78, 5) is 10.9. The topological polar surface area (TPSA) is 80.9 Å². The highest BCUT2D eigenvalue weighted by Gasteiger charge is 2.56. The van der Waals surface area contributed by atoms with Gasteiger partial charge in [-0.2, -0.15) is 0 Å². The smallest absolute Gasteiger partial charge is 0.305 e. The SMILES string of the molecule is CCC(CC(=O)O)n1nnnc1C1C2CCCC21. The zero-order chi connectivity index (χ0) is 12.7. The first-order valence-electron chi connectivity index (χ1n) is 6.72. The van der Waals surface area contributed by atoms with Crippen LogP contribution in [0.5, 0.6) is 0 Å². The summed E-state index contributed by atoms with van der Waals surface area (Å²) in [5.74, 6) is 2.10. The highest BCUT2D eigenvalue weighted by atomic mass is 16.4. The molecule has 18 heavy (non-hydrogen) atoms. The van der Waals surface area contributed by atoms with E-state index in [-0.39, 0.29) is 12.5 Å². The molecule has 1 aromatic rings. The molecule has 2 saturated carbocycles. The number of nitrogens with zero attached hydrogens (tertiary/aromatic N) is 4. The van der Waals surface area contributed by atoms with Crippen molar-refractivity contribution in [1.82, 2.24) is 20.2 Å². The van der Waals surface area contributed by atoms with Gasteiger partial charge in [-0.3, -0.25) is 4.79 Å². The summed E-state index contributed by atoms with van der Waals surface area (Å²) < 4.78 is 1.76. The van der Waals surface area contributed by atoms with Crippen molar-refractivity contribution in [2.24, 2.45) is 11.8 Å². The van der Waals surface area contributed by atoms with Crippen molar-refractivity contribution in [2.75, 3.05) is 0 Å². The Labute approximate surface area is 105 Å². The summed E-state index contributed by atoms with van der Waals surface area (Å²) in [5, 5.41) is 20.9. The third kappa shape index (κ3) is 1.79. The summed E-state index contributed by atoms with van der Waals surface area (Å²) in [6, 6.07) is -0.117. The number of hydrogen-bond acceptors (Lipinski definition) is 4. The van der Waals surface area contributed by atoms with Crippen LogP contribution in [0, 0.1) is 11.8 Å². The van der Waals surface area contributed by atoms with Crippen LogP contribution in [0.1, 0.15) is 56.8 Å². The lowest BCUT2D eigenvalue weighted by Crippen LogP contribution is -2.17. The van der Waals surface area contributed by atoms with Gasteiger partial charge in [0.1, 0.15) is 0 Å². The second-order valence-electron chi connectivity index (χ2n) is 5.43. The van der Waals surface area contributed by atoms with Crippen molar-refractivity contribution in [3.63, 3.8) is 0 Å². The Bertz CT molecular complexity index is 449. The second-order valence-corrected chi connectivity index (χ2v) is 5.43. The van der Waals surface area contributed by atoms with E-state index in [0.717, 1.165) is 24.1 Å². The van der Waals surface area contributed by atoms with Gasteiger partial charge in [0.15, 0.2) is 5.82 Å². The fraction of sp³-hybridized carbons (Fsp3) is 0.833. The largest absolute Gasteiger partial charge is 0.481 e. The molecule has 0 aromatic carbocycles. The number of fused-ring (bicyclic) bond motifs is 1. The molecular formula is C12H18N4O2. The predicted octanol–water partition coefficient (Wildman–Crippen LogP) is 1.61. The van der Waals surface area contributed by atoms with E-state index >= 15 is 0 Å². The summed E-state index contributed by atoms with van der Waals surface area (Å²) in [6.07, 6.45) is 4.71. The van der Waals surface area contributed by atoms with Gasteiger partial charge in [-0.05, 0) is 41.5 Å². The Morgan fingerprint density at radius 3 is 2.83 bits per heavy atom. The summed E-state index contributed by atoms with van der Waals surface area (Å²) >= 11 is 0. The van der Waals surface area contributed by atoms with Gasteiger partial charge in [0, 0.05) is 5.92 Å². The van der Waals surface area contributed by atoms with E-state index in [4.69, 9.17) is 5.11 Å². The van der Waals surface area contributed by atoms with Crippen molar-refractivity contribution in [3.05, 3.63) is 5.82 Å². The van der Waals surface area contributed by atoms with Crippen molar-refractivity contribution in [1.29, 1.82) is 0 Å². The van der Waals surface area contributed by atoms with E-state index in [1.807, 2.05) is 6.92 Å². The molecule has 98 valence electrons. The Hall–Kier alpha value is -1.46. The molecule has 3 unspecified atom stereocenters. The fourth-order valence-corrected chi connectivity index (χ4v) is 3.49. The number of aliphatic carboxylic acids is 1. The van der Waals surface area contributed by atoms with Crippen LogP contribution < -0.4 is 0 Å². The van der Waals surface area contributed by atoms with Gasteiger partial charge in [0.25, 0.3) is 0 Å². The Kier molecular flexibility index (Phi) is 2.80. The number of carboxylic acids is 1. The maximum Gasteiger partial charge on any atom is 0.305 e. The highest BCUT2D eigenvalue weighted by Crippen LogP contribution is 2.62. The van der Waals surface area contributed by atoms with Gasteiger partial charge in [-0.25, -0.2) is 4.68 Å². The van der Waals surface area contributed by atoms with E-state index < -0.39 is 5.97 Å². The van der Waals surface area contributed by atoms with Crippen LogP contribution in [0.3, 0.4) is 0 Å². The zero-order valence-electron chi connectivity index (χ0n) is 10.5. The first kappa shape index (κ1) is 11.6. The lowest BCUT2D eigenvalue weighted by atomic mass is 10.1. The summed E-state index contributed by atoms with van der Waals surface area (Å²) in [5.41, 5.74) is 0. The minimum absolute atomic E-state index is 0.0938. The Balaban J connectivity index is 1.80. The molecular weight excluding hydrogens is 232 g/mol. The zero-order valence-corrected chi connectivity index (χ0v) is 10.5. The normalized spacial score (nSPS) is 31.1. The molecule has 6 heteroatoms. The fourth-order valence-electron chi connectivity index (χ4n) is 3.49. The number of aromatic nitrogens is 4. The third-order valence-electron chi connectivity index (χ3n) is 4.45. The van der Waals surface area contributed by atoms with E-state index in [1.54, 1.807) is 4.68 Å². The minimum atomic E-state index is -0.792. The van der Waals surface area contributed by atoms with Gasteiger partial charge in [-0.1, -0.05) is 13.3 Å². The van der Waals surface area contributed by atoms with E-state index in [0.29, 0.717) is 5.92 Å². The van der Waals surface area contributed by atoms with Crippen molar-refractivity contribution < 1.29 is 9.90 Å². The molecule has 0 aliphatic heterocycles. The minimum Gasteiger partial charge on any atom is -0.481 e. The maximum absolute atomic E-state index is 10.9. The van der Waals surface area contributed by atoms with E-state index in [2.05, 4.69) is 15.5 Å². The number of hydrogen-bond donors (Lipinski definition) is 1. The van der Waals surface area contributed by atoms with Crippen LogP contribution in [0.2, 0.25) is 0 Å². The Morgan fingerprint density at radius 2 is 2.22 bits per heavy atom. The molecule has 6 nitrogen and oxygen atoms in total. The van der Waals surface area contributed by atoms with Crippen LogP contribution in [-0.2, 0) is 4.79 Å². The molecule has 0 bridgehead atoms. The van der Waals surface area contributed by atoms with Crippen LogP contribution in [0.15, 0.2) is 0 Å². The van der Waals surface area contributed by atoms with Crippen LogP contribution >= 0.6 is 0 Å². The second kappa shape index (κ2) is 4.33. The number of rotatable bonds is 5. The van der Waals surface area contributed by atoms with Crippen LogP contribution in [0.4, 0.5) is 0 Å². The van der Waals surface area contributed by atoms with Gasteiger partial charge < -0.3 is 5.11 Å². The third-order valence-corrected chi connectivity index (χ3v) is 4.45. The van der Waals surface area contributed by atoms with Crippen LogP contribution in [0.25, 0.3) is 0 Å². The molecule has 3 atom stereocenters. The molecule has 0 spiro atoms. The van der Waals surface area contributed by atoms with Crippen molar-refractivity contribution in [2.45, 2.75) is 51.0 Å². The lowest BCUT2D eigenvalue weighted by molar-refractivity contribution is -0.138. The average molecular weight is 250 g/mol. The van der Waals surface area contributed by atoms with E-state index in [1.165, 1.54) is 19.3 Å². The van der Waals surface area contributed by atoms with Crippen molar-refractivity contribution in [3.8, 4) is 0 Å². The lowest BCUT2D eigenvalue weighted by Gasteiger charge is -2.14. The molecule has 2 fully saturated rings. The molecule has 3 rings (SSSR count). The molecule has 1 N–H and O–H groups in total. The first-order chi connectivity index (χ1) is 8.72. The standard InChI is InChI=1S/C12H18N4O2/c1-2-7(6-10(17)18)16-12(13-14-15-16)11-8-4-3-5-9(8)11/h7-9,11H,2-6H2,1H3,(H,17,18). The van der Waals surface area contributed by atoms with Crippen LogP contribution in [-0.4, -0.2) is 31.3 Å². The monoisotopic (exact) mass is 250 g/mol. The molecule has 0 radical (unpaired) electrons. The number of carbonyl (C=O) groups is 1. The number of tetrazole rings is 1. The Morgan fingerprint density at radius 1 is 1.50 bits per heavy atom. The van der Waals surface area contributed by atoms with Gasteiger partial charge in [-0.15, -0.1) is 5.10 Å². The summed E-state index contributed by atoms with van der Waals surface area (Å²) in [7, 11) is 0.